The first-order valence-electron chi connectivity index (χ1n) is 8.71. The maximum absolute atomic E-state index is 12.6. The zero-order valence-electron chi connectivity index (χ0n) is 15.4. The summed E-state index contributed by atoms with van der Waals surface area (Å²) >= 11 is 4.38. The van der Waals surface area contributed by atoms with Crippen molar-refractivity contribution in [3.8, 4) is 11.1 Å². The first-order valence-corrected chi connectivity index (χ1v) is 9.11. The van der Waals surface area contributed by atoms with E-state index in [2.05, 4.69) is 17.8 Å². The van der Waals surface area contributed by atoms with Crippen LogP contribution in [0.5, 0.6) is 0 Å². The predicted octanol–water partition coefficient (Wildman–Crippen LogP) is 5.02. The minimum atomic E-state index is -4.32. The van der Waals surface area contributed by atoms with Crippen LogP contribution in [0.25, 0.3) is 11.1 Å². The molecule has 146 valence electrons. The molecule has 0 aliphatic heterocycles. The number of hydrogen-bond acceptors (Lipinski definition) is 3. The second-order valence-corrected chi connectivity index (χ2v) is 7.06. The number of benzene rings is 1. The van der Waals surface area contributed by atoms with Gasteiger partial charge in [0.1, 0.15) is 0 Å². The Bertz CT molecular complexity index is 1040. The van der Waals surface area contributed by atoms with Crippen molar-refractivity contribution in [2.24, 2.45) is 0 Å². The molecule has 0 unspecified atom stereocenters. The number of alkyl halides is 3. The van der Waals surface area contributed by atoms with E-state index in [0.29, 0.717) is 24.0 Å². The molecule has 0 amide bonds. The summed E-state index contributed by atoms with van der Waals surface area (Å²) in [6.07, 6.45) is -1.50. The van der Waals surface area contributed by atoms with E-state index < -0.39 is 11.7 Å². The zero-order chi connectivity index (χ0) is 20.5. The molecule has 0 saturated heterocycles. The van der Waals surface area contributed by atoms with E-state index >= 15 is 0 Å². The molecule has 0 atom stereocenters. The molecule has 2 heterocycles. The number of aromatic nitrogens is 2. The predicted molar refractivity (Wildman–Crippen MR) is 107 cm³/mol. The summed E-state index contributed by atoms with van der Waals surface area (Å²) in [4.78, 5) is 16.8. The van der Waals surface area contributed by atoms with Crippen LogP contribution in [0.3, 0.4) is 0 Å². The molecule has 0 saturated carbocycles. The lowest BCUT2D eigenvalue weighted by atomic mass is 10.0. The molecule has 3 nitrogen and oxygen atoms in total. The van der Waals surface area contributed by atoms with Crippen LogP contribution in [0.2, 0.25) is 0 Å². The van der Waals surface area contributed by atoms with Gasteiger partial charge in [0.05, 0.1) is 11.1 Å². The molecule has 3 rings (SSSR count). The van der Waals surface area contributed by atoms with Crippen molar-refractivity contribution in [2.75, 3.05) is 0 Å². The number of pyridine rings is 2. The second-order valence-electron chi connectivity index (χ2n) is 6.66. The fourth-order valence-electron chi connectivity index (χ4n) is 3.08. The minimum Gasteiger partial charge on any atom is -0.295 e. The van der Waals surface area contributed by atoms with Crippen LogP contribution in [0.4, 0.5) is 13.2 Å². The van der Waals surface area contributed by atoms with Gasteiger partial charge in [-0.2, -0.15) is 13.2 Å². The molecule has 28 heavy (non-hydrogen) atoms. The molecule has 0 radical (unpaired) electrons. The van der Waals surface area contributed by atoms with E-state index in [4.69, 9.17) is 0 Å². The highest BCUT2D eigenvalue weighted by molar-refractivity contribution is 7.78. The number of nitrogens with zero attached hydrogens (tertiary/aromatic N) is 2. The highest BCUT2D eigenvalue weighted by atomic mass is 32.1. The van der Waals surface area contributed by atoms with Crippen molar-refractivity contribution in [1.82, 2.24) is 8.96 Å². The Balaban J connectivity index is 1.74. The lowest BCUT2D eigenvalue weighted by Gasteiger charge is -2.12. The third-order valence-electron chi connectivity index (χ3n) is 4.66. The molecule has 7 heteroatoms. The fraction of sp³-hybridized carbons (Fsp3) is 0.238. The highest BCUT2D eigenvalue weighted by Gasteiger charge is 2.29. The van der Waals surface area contributed by atoms with Crippen LogP contribution >= 0.6 is 12.8 Å². The van der Waals surface area contributed by atoms with Crippen LogP contribution in [-0.2, 0) is 19.0 Å². The maximum Gasteiger partial charge on any atom is 0.416 e. The molecule has 0 spiro atoms. The molecule has 1 aromatic carbocycles. The Hall–Kier alpha value is -2.54. The molecular formula is C21H19F3N2OS. The topological polar surface area (TPSA) is 34.9 Å². The number of thiol groups is 1. The molecule has 0 aliphatic rings. The van der Waals surface area contributed by atoms with E-state index in [0.717, 1.165) is 34.8 Å². The third kappa shape index (κ3) is 4.30. The lowest BCUT2D eigenvalue weighted by Crippen LogP contribution is -2.12. The van der Waals surface area contributed by atoms with Crippen LogP contribution < -0.4 is 5.43 Å². The minimum absolute atomic E-state index is 0.0837. The first-order chi connectivity index (χ1) is 13.2. The monoisotopic (exact) mass is 404 g/mol. The largest absolute Gasteiger partial charge is 0.416 e. The smallest absolute Gasteiger partial charge is 0.295 e. The zero-order valence-corrected chi connectivity index (χ0v) is 16.3. The molecule has 0 bridgehead atoms. The van der Waals surface area contributed by atoms with Gasteiger partial charge < -0.3 is 0 Å². The summed E-state index contributed by atoms with van der Waals surface area (Å²) in [5.74, 6) is 0. The van der Waals surface area contributed by atoms with Gasteiger partial charge in [0, 0.05) is 34.9 Å². The Morgan fingerprint density at radius 2 is 1.71 bits per heavy atom. The molecular weight excluding hydrogens is 385 g/mol. The summed E-state index contributed by atoms with van der Waals surface area (Å²) in [6.45, 7) is 3.64. The number of halogens is 3. The van der Waals surface area contributed by atoms with Gasteiger partial charge in [0.15, 0.2) is 5.43 Å². The van der Waals surface area contributed by atoms with Crippen molar-refractivity contribution in [3.05, 3.63) is 87.1 Å². The Kier molecular flexibility index (Phi) is 5.65. The van der Waals surface area contributed by atoms with Crippen LogP contribution in [0, 0.1) is 13.8 Å². The van der Waals surface area contributed by atoms with Gasteiger partial charge in [0.2, 0.25) is 0 Å². The van der Waals surface area contributed by atoms with Gasteiger partial charge in [-0.3, -0.25) is 13.8 Å². The first kappa shape index (κ1) is 20.2. The van der Waals surface area contributed by atoms with E-state index in [1.54, 1.807) is 10.2 Å². The number of rotatable bonds is 4. The maximum atomic E-state index is 12.6. The van der Waals surface area contributed by atoms with E-state index in [9.17, 15) is 18.0 Å². The molecule has 0 aliphatic carbocycles. The van der Waals surface area contributed by atoms with E-state index in [1.165, 1.54) is 18.2 Å². The molecule has 3 aromatic rings. The standard InChI is InChI=1S/C21H19F3N2OS/c1-13-11-19(27)20(14(2)26(13)28)16-6-10-18(25-12-16)9-5-15-3-7-17(8-4-15)21(22,23)24/h3-4,6-8,10-12,28H,5,9H2,1-2H3. The number of hydrogen-bond donors (Lipinski definition) is 1. The van der Waals surface area contributed by atoms with E-state index in [-0.39, 0.29) is 5.43 Å². The Labute approximate surface area is 166 Å². The SMILES string of the molecule is Cc1cc(=O)c(-c2ccc(CCc3ccc(C(F)(F)F)cc3)nc2)c(C)n1S. The fourth-order valence-corrected chi connectivity index (χ4v) is 3.23. The van der Waals surface area contributed by atoms with Crippen molar-refractivity contribution < 1.29 is 13.2 Å². The summed E-state index contributed by atoms with van der Waals surface area (Å²) < 4.78 is 39.5. The third-order valence-corrected chi connectivity index (χ3v) is 5.28. The normalized spacial score (nSPS) is 11.6. The van der Waals surface area contributed by atoms with E-state index in [1.807, 2.05) is 26.0 Å². The van der Waals surface area contributed by atoms with Crippen LogP contribution in [0.15, 0.2) is 53.5 Å². The molecule has 0 N–H and O–H groups in total. The Morgan fingerprint density at radius 3 is 2.29 bits per heavy atom. The highest BCUT2D eigenvalue weighted by Crippen LogP contribution is 2.29. The summed E-state index contributed by atoms with van der Waals surface area (Å²) in [5, 5.41) is 0. The average Bonchev–Trinajstić information content (AvgIpc) is 2.65. The van der Waals surface area contributed by atoms with Gasteiger partial charge in [-0.1, -0.05) is 31.0 Å². The number of aryl methyl sites for hydroxylation is 3. The molecule has 0 fully saturated rings. The van der Waals surface area contributed by atoms with Crippen molar-refractivity contribution in [1.29, 1.82) is 0 Å². The van der Waals surface area contributed by atoms with Crippen LogP contribution in [0.1, 0.15) is 28.2 Å². The van der Waals surface area contributed by atoms with Gasteiger partial charge in [-0.05, 0) is 50.5 Å². The summed E-state index contributed by atoms with van der Waals surface area (Å²) in [6, 6.07) is 10.4. The van der Waals surface area contributed by atoms with Crippen molar-refractivity contribution in [2.45, 2.75) is 32.9 Å². The van der Waals surface area contributed by atoms with Crippen molar-refractivity contribution >= 4 is 12.8 Å². The Morgan fingerprint density at radius 1 is 1.04 bits per heavy atom. The van der Waals surface area contributed by atoms with Crippen LogP contribution in [-0.4, -0.2) is 8.96 Å². The molecule has 2 aromatic heterocycles. The second kappa shape index (κ2) is 7.83. The van der Waals surface area contributed by atoms with Gasteiger partial charge >= 0.3 is 6.18 Å². The van der Waals surface area contributed by atoms with Gasteiger partial charge in [-0.25, -0.2) is 0 Å². The van der Waals surface area contributed by atoms with Crippen molar-refractivity contribution in [3.63, 3.8) is 0 Å². The summed E-state index contributed by atoms with van der Waals surface area (Å²) in [7, 11) is 0. The van der Waals surface area contributed by atoms with Gasteiger partial charge in [0.25, 0.3) is 0 Å². The summed E-state index contributed by atoms with van der Waals surface area (Å²) in [5.41, 5.74) is 3.65. The average molecular weight is 404 g/mol. The van der Waals surface area contributed by atoms with Gasteiger partial charge in [-0.15, -0.1) is 0 Å². The quantitative estimate of drug-likeness (QED) is 0.620. The lowest BCUT2D eigenvalue weighted by molar-refractivity contribution is -0.137.